The van der Waals surface area contributed by atoms with E-state index in [-0.39, 0.29) is 5.92 Å². The monoisotopic (exact) mass is 386 g/mol. The first-order valence-electron chi connectivity index (χ1n) is 9.31. The molecular weight excluding hydrogens is 360 g/mol. The highest BCUT2D eigenvalue weighted by Gasteiger charge is 2.25. The first-order valence-corrected chi connectivity index (χ1v) is 10.2. The third-order valence-corrected chi connectivity index (χ3v) is 5.90. The van der Waals surface area contributed by atoms with Crippen LogP contribution in [0.4, 0.5) is 0 Å². The summed E-state index contributed by atoms with van der Waals surface area (Å²) in [7, 11) is 0. The molecule has 1 aromatic carbocycles. The number of piperidine rings is 1. The number of hydrogen-bond donors (Lipinski definition) is 1. The van der Waals surface area contributed by atoms with Crippen LogP contribution in [0.25, 0.3) is 0 Å². The third-order valence-electron chi connectivity index (χ3n) is 4.88. The highest BCUT2D eigenvalue weighted by Crippen LogP contribution is 2.22. The van der Waals surface area contributed by atoms with Crippen molar-refractivity contribution in [3.8, 4) is 0 Å². The second-order valence-corrected chi connectivity index (χ2v) is 7.97. The molecule has 6 heteroatoms. The van der Waals surface area contributed by atoms with Gasteiger partial charge in [0.2, 0.25) is 0 Å². The summed E-state index contributed by atoms with van der Waals surface area (Å²) in [6, 6.07) is 10.4. The Kier molecular flexibility index (Phi) is 6.63. The molecule has 1 aliphatic heterocycles. The topological polar surface area (TPSA) is 62.1 Å². The lowest BCUT2D eigenvalue weighted by Gasteiger charge is -2.29. The quantitative estimate of drug-likeness (QED) is 0.445. The maximum absolute atomic E-state index is 11.2. The van der Waals surface area contributed by atoms with Crippen LogP contribution in [0, 0.1) is 19.8 Å². The molecule has 1 saturated heterocycles. The van der Waals surface area contributed by atoms with Gasteiger partial charge in [0.25, 0.3) is 0 Å². The van der Waals surface area contributed by atoms with E-state index in [1.165, 1.54) is 11.1 Å². The summed E-state index contributed by atoms with van der Waals surface area (Å²) >= 11 is 1.66. The Balaban J connectivity index is 1.66. The molecule has 1 aromatic heterocycles. The molecule has 27 heavy (non-hydrogen) atoms. The van der Waals surface area contributed by atoms with Crippen LogP contribution in [-0.4, -0.2) is 47.9 Å². The zero-order chi connectivity index (χ0) is 19.2. The summed E-state index contributed by atoms with van der Waals surface area (Å²) in [4.78, 5) is 20.1. The van der Waals surface area contributed by atoms with Gasteiger partial charge in [0.1, 0.15) is 12.3 Å². The molecule has 144 valence electrons. The van der Waals surface area contributed by atoms with Crippen LogP contribution in [0.2, 0.25) is 0 Å². The van der Waals surface area contributed by atoms with E-state index in [4.69, 9.17) is 4.84 Å². The van der Waals surface area contributed by atoms with Crippen molar-refractivity contribution in [1.29, 1.82) is 0 Å². The number of oxime groups is 1. The molecule has 0 bridgehead atoms. The van der Waals surface area contributed by atoms with E-state index >= 15 is 0 Å². The van der Waals surface area contributed by atoms with Crippen LogP contribution in [0.1, 0.15) is 34.4 Å². The zero-order valence-electron chi connectivity index (χ0n) is 15.9. The Labute approximate surface area is 164 Å². The third kappa shape index (κ3) is 5.17. The predicted molar refractivity (Wildman–Crippen MR) is 109 cm³/mol. The van der Waals surface area contributed by atoms with Gasteiger partial charge in [0.15, 0.2) is 0 Å². The van der Waals surface area contributed by atoms with Gasteiger partial charge in [-0.25, -0.2) is 0 Å². The molecular formula is C21H26N2O3S. The number of aryl methyl sites for hydroxylation is 2. The van der Waals surface area contributed by atoms with Gasteiger partial charge in [-0.3, -0.25) is 9.69 Å². The molecule has 0 amide bonds. The summed E-state index contributed by atoms with van der Waals surface area (Å²) in [5.74, 6) is -0.965. The summed E-state index contributed by atoms with van der Waals surface area (Å²) in [5, 5.41) is 15.7. The molecule has 5 nitrogen and oxygen atoms in total. The molecule has 0 spiro atoms. The molecule has 0 radical (unpaired) electrons. The molecule has 1 fully saturated rings. The smallest absolute Gasteiger partial charge is 0.307 e. The van der Waals surface area contributed by atoms with Crippen molar-refractivity contribution < 1.29 is 14.7 Å². The van der Waals surface area contributed by atoms with E-state index in [1.54, 1.807) is 11.3 Å². The van der Waals surface area contributed by atoms with Gasteiger partial charge in [0, 0.05) is 18.7 Å². The molecule has 3 rings (SSSR count). The van der Waals surface area contributed by atoms with Crippen molar-refractivity contribution in [2.45, 2.75) is 26.7 Å². The highest BCUT2D eigenvalue weighted by atomic mass is 32.1. The fourth-order valence-electron chi connectivity index (χ4n) is 3.37. The molecule has 1 aliphatic rings. The van der Waals surface area contributed by atoms with Crippen molar-refractivity contribution >= 4 is 23.0 Å². The predicted octanol–water partition coefficient (Wildman–Crippen LogP) is 3.93. The first-order chi connectivity index (χ1) is 13.0. The lowest BCUT2D eigenvalue weighted by Crippen LogP contribution is -2.40. The number of carbonyl (C=O) groups is 1. The lowest BCUT2D eigenvalue weighted by atomic mass is 9.98. The first kappa shape index (κ1) is 19.6. The molecule has 2 heterocycles. The van der Waals surface area contributed by atoms with E-state index in [0.717, 1.165) is 35.5 Å². The van der Waals surface area contributed by atoms with Gasteiger partial charge < -0.3 is 9.94 Å². The zero-order valence-corrected chi connectivity index (χ0v) is 16.7. The van der Waals surface area contributed by atoms with Gasteiger partial charge in [0.05, 0.1) is 10.8 Å². The Bertz CT molecular complexity index is 815. The standard InChI is InChI=1S/C21H26N2O3S/c1-15-5-3-6-17(13-15)19(20-16(2)8-12-27-20)22-26-11-10-23-9-4-7-18(14-23)21(24)25/h3,5-6,8,12-13,18H,4,7,9-11,14H2,1-2H3,(H,24,25)/t18-/m1/s1. The van der Waals surface area contributed by atoms with Crippen LogP contribution in [0.5, 0.6) is 0 Å². The summed E-state index contributed by atoms with van der Waals surface area (Å²) in [6.07, 6.45) is 1.68. The number of rotatable bonds is 7. The van der Waals surface area contributed by atoms with Crippen molar-refractivity contribution in [3.05, 3.63) is 57.3 Å². The van der Waals surface area contributed by atoms with Gasteiger partial charge in [-0.1, -0.05) is 28.9 Å². The molecule has 2 aromatic rings. The van der Waals surface area contributed by atoms with Crippen molar-refractivity contribution in [2.75, 3.05) is 26.2 Å². The van der Waals surface area contributed by atoms with Crippen LogP contribution < -0.4 is 0 Å². The molecule has 0 saturated carbocycles. The van der Waals surface area contributed by atoms with E-state index in [1.807, 2.05) is 6.07 Å². The second-order valence-electron chi connectivity index (χ2n) is 7.05. The van der Waals surface area contributed by atoms with Crippen LogP contribution >= 0.6 is 11.3 Å². The normalized spacial score (nSPS) is 18.4. The summed E-state index contributed by atoms with van der Waals surface area (Å²) < 4.78 is 0. The Morgan fingerprint density at radius 2 is 2.22 bits per heavy atom. The number of benzene rings is 1. The fraction of sp³-hybridized carbons (Fsp3) is 0.429. The average molecular weight is 387 g/mol. The number of nitrogens with zero attached hydrogens (tertiary/aromatic N) is 2. The number of hydrogen-bond acceptors (Lipinski definition) is 5. The van der Waals surface area contributed by atoms with Crippen LogP contribution in [0.3, 0.4) is 0 Å². The average Bonchev–Trinajstić information content (AvgIpc) is 3.07. The summed E-state index contributed by atoms with van der Waals surface area (Å²) in [5.41, 5.74) is 4.27. The maximum Gasteiger partial charge on any atom is 0.307 e. The lowest BCUT2D eigenvalue weighted by molar-refractivity contribution is -0.143. The largest absolute Gasteiger partial charge is 0.481 e. The number of carboxylic acids is 1. The van der Waals surface area contributed by atoms with Crippen molar-refractivity contribution in [2.24, 2.45) is 11.1 Å². The molecule has 0 unspecified atom stereocenters. The summed E-state index contributed by atoms with van der Waals surface area (Å²) in [6.45, 7) is 6.81. The van der Waals surface area contributed by atoms with E-state index in [2.05, 4.69) is 53.5 Å². The van der Waals surface area contributed by atoms with E-state index < -0.39 is 5.97 Å². The maximum atomic E-state index is 11.2. The fourth-order valence-corrected chi connectivity index (χ4v) is 4.30. The highest BCUT2D eigenvalue weighted by molar-refractivity contribution is 7.12. The van der Waals surface area contributed by atoms with Gasteiger partial charge in [-0.05, 0) is 56.3 Å². The molecule has 0 aliphatic carbocycles. The molecule has 1 atom stereocenters. The number of carboxylic acid groups (broad SMARTS) is 1. The minimum Gasteiger partial charge on any atom is -0.481 e. The van der Waals surface area contributed by atoms with E-state index in [9.17, 15) is 9.90 Å². The second kappa shape index (κ2) is 9.15. The Hall–Kier alpha value is -2.18. The number of aliphatic carboxylic acids is 1. The molecule has 1 N–H and O–H groups in total. The van der Waals surface area contributed by atoms with Crippen LogP contribution in [-0.2, 0) is 9.63 Å². The SMILES string of the molecule is Cc1cccc(C(=NOCCN2CCC[C@@H](C(=O)O)C2)c2sccc2C)c1. The minimum atomic E-state index is -0.700. The minimum absolute atomic E-state index is 0.265. The van der Waals surface area contributed by atoms with Gasteiger partial charge in [-0.15, -0.1) is 11.3 Å². The van der Waals surface area contributed by atoms with Gasteiger partial charge in [-0.2, -0.15) is 0 Å². The number of likely N-dealkylation sites (tertiary alicyclic amines) is 1. The van der Waals surface area contributed by atoms with Crippen LogP contribution in [0.15, 0.2) is 40.9 Å². The van der Waals surface area contributed by atoms with Crippen molar-refractivity contribution in [3.63, 3.8) is 0 Å². The van der Waals surface area contributed by atoms with E-state index in [0.29, 0.717) is 19.7 Å². The number of thiophene rings is 1. The Morgan fingerprint density at radius 1 is 1.37 bits per heavy atom. The van der Waals surface area contributed by atoms with Gasteiger partial charge >= 0.3 is 5.97 Å². The van der Waals surface area contributed by atoms with Crippen molar-refractivity contribution in [1.82, 2.24) is 4.90 Å². The Morgan fingerprint density at radius 3 is 2.93 bits per heavy atom.